The lowest BCUT2D eigenvalue weighted by Gasteiger charge is -2.32. The lowest BCUT2D eigenvalue weighted by atomic mass is 9.84. The molecule has 0 atom stereocenters. The second-order valence-corrected chi connectivity index (χ2v) is 11.0. The maximum atomic E-state index is 12.8. The van der Waals surface area contributed by atoms with Gasteiger partial charge in [-0.05, 0) is 49.6 Å². The van der Waals surface area contributed by atoms with Gasteiger partial charge in [-0.25, -0.2) is 8.42 Å². The number of nitrogens with zero attached hydrogens (tertiary/aromatic N) is 1. The molecule has 0 spiro atoms. The summed E-state index contributed by atoms with van der Waals surface area (Å²) in [6.07, 6.45) is 1.05. The van der Waals surface area contributed by atoms with E-state index in [1.165, 1.54) is 4.31 Å². The number of hydrogen-bond donors (Lipinski definition) is 1. The number of benzene rings is 2. The molecule has 0 bridgehead atoms. The molecule has 3 rings (SSSR count). The minimum atomic E-state index is -3.51. The molecule has 0 saturated carbocycles. The first-order chi connectivity index (χ1) is 14.1. The molecule has 0 radical (unpaired) electrons. The van der Waals surface area contributed by atoms with Crippen LogP contribution in [0, 0.1) is 12.8 Å². The minimum Gasteiger partial charge on any atom is -0.355 e. The number of nitrogens with one attached hydrogen (secondary N) is 1. The van der Waals surface area contributed by atoms with E-state index in [-0.39, 0.29) is 17.2 Å². The molecule has 1 aliphatic heterocycles. The minimum absolute atomic E-state index is 0.00979. The molecule has 5 nitrogen and oxygen atoms in total. The van der Waals surface area contributed by atoms with Crippen molar-refractivity contribution in [1.29, 1.82) is 0 Å². The third kappa shape index (κ3) is 5.23. The second-order valence-electron chi connectivity index (χ2n) is 8.60. The summed E-state index contributed by atoms with van der Waals surface area (Å²) in [4.78, 5) is 13.0. The van der Waals surface area contributed by atoms with E-state index in [0.29, 0.717) is 42.4 Å². The van der Waals surface area contributed by atoms with Gasteiger partial charge in [0.25, 0.3) is 0 Å². The van der Waals surface area contributed by atoms with E-state index in [0.717, 1.165) is 11.1 Å². The Bertz CT molecular complexity index is 978. The smallest absolute Gasteiger partial charge is 0.243 e. The normalized spacial score (nSPS) is 16.4. The van der Waals surface area contributed by atoms with Gasteiger partial charge in [0.1, 0.15) is 0 Å². The van der Waals surface area contributed by atoms with Gasteiger partial charge in [-0.3, -0.25) is 4.79 Å². The summed E-state index contributed by atoms with van der Waals surface area (Å²) in [6, 6.07) is 14.5. The molecule has 0 unspecified atom stereocenters. The van der Waals surface area contributed by atoms with Crippen LogP contribution in [0.5, 0.6) is 0 Å². The number of carbonyl (C=O) groups excluding carboxylic acids is 1. The molecule has 1 N–H and O–H groups in total. The lowest BCUT2D eigenvalue weighted by molar-refractivity contribution is -0.126. The number of rotatable bonds is 6. The third-order valence-corrected chi connectivity index (χ3v) is 7.98. The van der Waals surface area contributed by atoms with Crippen molar-refractivity contribution in [2.45, 2.75) is 43.9 Å². The zero-order valence-corrected chi connectivity index (χ0v) is 19.3. The van der Waals surface area contributed by atoms with Crippen molar-refractivity contribution in [1.82, 2.24) is 9.62 Å². The topological polar surface area (TPSA) is 66.5 Å². The average Bonchev–Trinajstić information content (AvgIpc) is 2.73. The standard InChI is InChI=1S/C23H29ClN2O3S/c1-17-4-10-21(11-5-17)30(28,29)26-14-12-18(13-15-26)22(27)25-16-23(2,3)19-6-8-20(24)9-7-19/h4-11,18H,12-16H2,1-3H3,(H,25,27). The SMILES string of the molecule is Cc1ccc(S(=O)(=O)N2CCC(C(=O)NCC(C)(C)c3ccc(Cl)cc3)CC2)cc1. The van der Waals surface area contributed by atoms with Crippen LogP contribution in [0.2, 0.25) is 5.02 Å². The Balaban J connectivity index is 1.55. The van der Waals surface area contributed by atoms with Crippen LogP contribution in [-0.2, 0) is 20.2 Å². The molecule has 2 aromatic carbocycles. The van der Waals surface area contributed by atoms with Crippen molar-refractivity contribution in [3.8, 4) is 0 Å². The summed E-state index contributed by atoms with van der Waals surface area (Å²) < 4.78 is 27.1. The van der Waals surface area contributed by atoms with Gasteiger partial charge in [0.05, 0.1) is 4.90 Å². The molecule has 162 valence electrons. The molecule has 30 heavy (non-hydrogen) atoms. The molecule has 1 saturated heterocycles. The summed E-state index contributed by atoms with van der Waals surface area (Å²) in [7, 11) is -3.51. The van der Waals surface area contributed by atoms with E-state index in [2.05, 4.69) is 19.2 Å². The highest BCUT2D eigenvalue weighted by Gasteiger charge is 2.32. The van der Waals surface area contributed by atoms with E-state index in [4.69, 9.17) is 11.6 Å². The quantitative estimate of drug-likeness (QED) is 0.722. The monoisotopic (exact) mass is 448 g/mol. The number of sulfonamides is 1. The van der Waals surface area contributed by atoms with Crippen LogP contribution in [0.15, 0.2) is 53.4 Å². The number of aryl methyl sites for hydroxylation is 1. The number of halogens is 1. The molecule has 1 fully saturated rings. The lowest BCUT2D eigenvalue weighted by Crippen LogP contribution is -2.45. The Kier molecular flexibility index (Phi) is 6.90. The highest BCUT2D eigenvalue weighted by molar-refractivity contribution is 7.89. The first-order valence-corrected chi connectivity index (χ1v) is 12.0. The Morgan fingerprint density at radius 3 is 2.20 bits per heavy atom. The van der Waals surface area contributed by atoms with Crippen molar-refractivity contribution in [2.24, 2.45) is 5.92 Å². The van der Waals surface area contributed by atoms with Crippen LogP contribution in [0.25, 0.3) is 0 Å². The van der Waals surface area contributed by atoms with Gasteiger partial charge in [-0.2, -0.15) is 4.31 Å². The zero-order valence-electron chi connectivity index (χ0n) is 17.7. The van der Waals surface area contributed by atoms with Crippen molar-refractivity contribution < 1.29 is 13.2 Å². The number of hydrogen-bond acceptors (Lipinski definition) is 3. The number of amides is 1. The molecule has 2 aromatic rings. The van der Waals surface area contributed by atoms with Crippen molar-refractivity contribution in [3.05, 3.63) is 64.7 Å². The summed E-state index contributed by atoms with van der Waals surface area (Å²) in [5.74, 6) is -0.181. The Labute approximate surface area is 184 Å². The van der Waals surface area contributed by atoms with Gasteiger partial charge < -0.3 is 5.32 Å². The highest BCUT2D eigenvalue weighted by Crippen LogP contribution is 2.26. The highest BCUT2D eigenvalue weighted by atomic mass is 35.5. The van der Waals surface area contributed by atoms with Crippen molar-refractivity contribution in [3.63, 3.8) is 0 Å². The van der Waals surface area contributed by atoms with Crippen LogP contribution < -0.4 is 5.32 Å². The van der Waals surface area contributed by atoms with Gasteiger partial charge in [0, 0.05) is 36.0 Å². The Morgan fingerprint density at radius 2 is 1.63 bits per heavy atom. The molecular weight excluding hydrogens is 420 g/mol. The number of piperidine rings is 1. The van der Waals surface area contributed by atoms with Gasteiger partial charge in [-0.1, -0.05) is 55.3 Å². The second kappa shape index (κ2) is 9.08. The van der Waals surface area contributed by atoms with Crippen LogP contribution in [0.3, 0.4) is 0 Å². The molecular formula is C23H29ClN2O3S. The van der Waals surface area contributed by atoms with Crippen LogP contribution in [0.1, 0.15) is 37.8 Å². The summed E-state index contributed by atoms with van der Waals surface area (Å²) >= 11 is 5.96. The molecule has 1 heterocycles. The summed E-state index contributed by atoms with van der Waals surface area (Å²) in [6.45, 7) is 7.30. The predicted molar refractivity (Wildman–Crippen MR) is 120 cm³/mol. The largest absolute Gasteiger partial charge is 0.355 e. The van der Waals surface area contributed by atoms with Crippen LogP contribution in [0.4, 0.5) is 0 Å². The average molecular weight is 449 g/mol. The van der Waals surface area contributed by atoms with Gasteiger partial charge in [0.2, 0.25) is 15.9 Å². The fraction of sp³-hybridized carbons (Fsp3) is 0.435. The molecule has 0 aromatic heterocycles. The third-order valence-electron chi connectivity index (χ3n) is 5.81. The number of carbonyl (C=O) groups is 1. The van der Waals surface area contributed by atoms with E-state index < -0.39 is 10.0 Å². The van der Waals surface area contributed by atoms with E-state index in [1.807, 2.05) is 31.2 Å². The fourth-order valence-electron chi connectivity index (χ4n) is 3.67. The predicted octanol–water partition coefficient (Wildman–Crippen LogP) is 4.14. The molecule has 1 aliphatic rings. The summed E-state index contributed by atoms with van der Waals surface area (Å²) in [5, 5.41) is 3.74. The zero-order chi connectivity index (χ0) is 21.9. The Morgan fingerprint density at radius 1 is 1.07 bits per heavy atom. The van der Waals surface area contributed by atoms with Crippen molar-refractivity contribution in [2.75, 3.05) is 19.6 Å². The van der Waals surface area contributed by atoms with Crippen molar-refractivity contribution >= 4 is 27.5 Å². The van der Waals surface area contributed by atoms with E-state index >= 15 is 0 Å². The van der Waals surface area contributed by atoms with Crippen LogP contribution in [-0.4, -0.2) is 38.3 Å². The fourth-order valence-corrected chi connectivity index (χ4v) is 5.27. The molecule has 1 amide bonds. The molecule has 7 heteroatoms. The first kappa shape index (κ1) is 22.8. The maximum Gasteiger partial charge on any atom is 0.243 e. The first-order valence-electron chi connectivity index (χ1n) is 10.2. The van der Waals surface area contributed by atoms with Gasteiger partial charge >= 0.3 is 0 Å². The summed E-state index contributed by atoms with van der Waals surface area (Å²) in [5.41, 5.74) is 1.90. The maximum absolute atomic E-state index is 12.8. The van der Waals surface area contributed by atoms with Gasteiger partial charge in [-0.15, -0.1) is 0 Å². The van der Waals surface area contributed by atoms with Gasteiger partial charge in [0.15, 0.2) is 0 Å². The van der Waals surface area contributed by atoms with E-state index in [1.54, 1.807) is 24.3 Å². The van der Waals surface area contributed by atoms with E-state index in [9.17, 15) is 13.2 Å². The molecule has 0 aliphatic carbocycles. The van der Waals surface area contributed by atoms with Crippen LogP contribution >= 0.6 is 11.6 Å². The Hall–Kier alpha value is -1.89.